The van der Waals surface area contributed by atoms with Gasteiger partial charge in [0.05, 0.1) is 16.9 Å². The van der Waals surface area contributed by atoms with Crippen molar-refractivity contribution in [2.75, 3.05) is 4.90 Å². The second-order valence-corrected chi connectivity index (χ2v) is 7.16. The predicted molar refractivity (Wildman–Crippen MR) is 106 cm³/mol. The summed E-state index contributed by atoms with van der Waals surface area (Å²) in [5.74, 6) is -1.56. The van der Waals surface area contributed by atoms with Gasteiger partial charge in [-0.15, -0.1) is 11.3 Å². The number of anilines is 2. The van der Waals surface area contributed by atoms with Crippen LogP contribution >= 0.6 is 11.3 Å². The third-order valence-electron chi connectivity index (χ3n) is 4.08. The fourth-order valence-corrected chi connectivity index (χ4v) is 3.64. The van der Waals surface area contributed by atoms with Crippen LogP contribution < -0.4 is 4.90 Å². The maximum atomic E-state index is 13.7. The van der Waals surface area contributed by atoms with E-state index in [1.807, 2.05) is 32.0 Å². The maximum Gasteiger partial charge on any atom is 0.341 e. The summed E-state index contributed by atoms with van der Waals surface area (Å²) in [4.78, 5) is 30.2. The molecule has 3 aromatic rings. The fraction of sp³-hybridized carbons (Fsp3) is 0.190. The topological polar surface area (TPSA) is 59.5 Å². The fourth-order valence-electron chi connectivity index (χ4n) is 2.77. The number of aryl methyl sites for hydroxylation is 2. The van der Waals surface area contributed by atoms with Crippen molar-refractivity contribution in [2.24, 2.45) is 0 Å². The van der Waals surface area contributed by atoms with E-state index in [2.05, 4.69) is 4.98 Å². The Labute approximate surface area is 166 Å². The van der Waals surface area contributed by atoms with Crippen molar-refractivity contribution in [3.05, 3.63) is 76.0 Å². The summed E-state index contributed by atoms with van der Waals surface area (Å²) in [6.07, 6.45) is 0. The first kappa shape index (κ1) is 19.7. The van der Waals surface area contributed by atoms with Crippen molar-refractivity contribution in [3.63, 3.8) is 0 Å². The van der Waals surface area contributed by atoms with Crippen LogP contribution in [0.25, 0.3) is 0 Å². The molecule has 3 rings (SSSR count). The summed E-state index contributed by atoms with van der Waals surface area (Å²) < 4.78 is 18.8. The Kier molecular flexibility index (Phi) is 5.84. The molecule has 0 N–H and O–H groups in total. The first-order valence-corrected chi connectivity index (χ1v) is 9.49. The molecular formula is C21H19FN2O3S. The minimum atomic E-state index is -0.759. The quantitative estimate of drug-likeness (QED) is 0.571. The summed E-state index contributed by atoms with van der Waals surface area (Å²) in [6.45, 7) is 5.28. The molecular weight excluding hydrogens is 379 g/mol. The number of ether oxygens (including phenoxy) is 1. The van der Waals surface area contributed by atoms with E-state index >= 15 is 0 Å². The molecule has 5 nitrogen and oxygen atoms in total. The molecule has 0 unspecified atom stereocenters. The zero-order valence-corrected chi connectivity index (χ0v) is 16.5. The highest BCUT2D eigenvalue weighted by atomic mass is 32.1. The lowest BCUT2D eigenvalue weighted by atomic mass is 10.1. The van der Waals surface area contributed by atoms with Crippen LogP contribution in [0.5, 0.6) is 0 Å². The summed E-state index contributed by atoms with van der Waals surface area (Å²) in [7, 11) is 0. The van der Waals surface area contributed by atoms with Crippen molar-refractivity contribution in [2.45, 2.75) is 27.4 Å². The highest BCUT2D eigenvalue weighted by molar-refractivity contribution is 7.14. The molecule has 1 amide bonds. The minimum Gasteiger partial charge on any atom is -0.455 e. The lowest BCUT2D eigenvalue weighted by Gasteiger charge is -2.20. The first-order valence-electron chi connectivity index (χ1n) is 8.61. The summed E-state index contributed by atoms with van der Waals surface area (Å²) in [5.41, 5.74) is 3.17. The molecule has 144 valence electrons. The van der Waals surface area contributed by atoms with Crippen molar-refractivity contribution in [1.82, 2.24) is 4.98 Å². The van der Waals surface area contributed by atoms with E-state index < -0.39 is 11.8 Å². The van der Waals surface area contributed by atoms with Gasteiger partial charge in [0.15, 0.2) is 5.13 Å². The molecule has 0 fully saturated rings. The average Bonchev–Trinajstić information content (AvgIpc) is 3.10. The van der Waals surface area contributed by atoms with Crippen LogP contribution in [0.4, 0.5) is 15.2 Å². The summed E-state index contributed by atoms with van der Waals surface area (Å²) >= 11 is 1.27. The van der Waals surface area contributed by atoms with Crippen LogP contribution in [0.1, 0.15) is 34.1 Å². The zero-order chi connectivity index (χ0) is 20.3. The van der Waals surface area contributed by atoms with Gasteiger partial charge in [0.2, 0.25) is 5.91 Å². The molecule has 0 aliphatic heterocycles. The lowest BCUT2D eigenvalue weighted by molar-refractivity contribution is -0.115. The highest BCUT2D eigenvalue weighted by Crippen LogP contribution is 2.31. The van der Waals surface area contributed by atoms with Gasteiger partial charge in [0.25, 0.3) is 0 Å². The Bertz CT molecular complexity index is 1030. The molecule has 7 heteroatoms. The monoisotopic (exact) mass is 398 g/mol. The number of rotatable bonds is 5. The molecule has 0 saturated heterocycles. The molecule has 1 heterocycles. The van der Waals surface area contributed by atoms with Crippen molar-refractivity contribution in [3.8, 4) is 0 Å². The smallest absolute Gasteiger partial charge is 0.341 e. The number of carbonyl (C=O) groups excluding carboxylic acids is 2. The number of esters is 1. The van der Waals surface area contributed by atoms with Gasteiger partial charge in [-0.2, -0.15) is 0 Å². The second kappa shape index (κ2) is 8.31. The number of carbonyl (C=O) groups is 2. The van der Waals surface area contributed by atoms with E-state index in [9.17, 15) is 14.0 Å². The number of aromatic nitrogens is 1. The molecule has 1 aromatic heterocycles. The molecule has 0 saturated carbocycles. The van der Waals surface area contributed by atoms with Crippen LogP contribution in [0.3, 0.4) is 0 Å². The molecule has 2 aromatic carbocycles. The van der Waals surface area contributed by atoms with E-state index in [1.54, 1.807) is 11.4 Å². The van der Waals surface area contributed by atoms with Gasteiger partial charge < -0.3 is 4.74 Å². The number of thiazole rings is 1. The number of amides is 1. The molecule has 0 atom stereocenters. The van der Waals surface area contributed by atoms with Crippen LogP contribution in [0.2, 0.25) is 0 Å². The van der Waals surface area contributed by atoms with Gasteiger partial charge in [-0.25, -0.2) is 14.2 Å². The van der Waals surface area contributed by atoms with Crippen LogP contribution in [0.15, 0.2) is 47.8 Å². The van der Waals surface area contributed by atoms with E-state index in [-0.39, 0.29) is 18.1 Å². The van der Waals surface area contributed by atoms with Crippen molar-refractivity contribution in [1.29, 1.82) is 0 Å². The standard InChI is InChI=1S/C21H19FN2O3S/c1-13-8-9-19(14(2)10-13)24(15(3)25)21-23-16(12-28-21)11-27-20(26)17-6-4-5-7-18(17)22/h4-10,12H,11H2,1-3H3. The Balaban J connectivity index is 1.77. The zero-order valence-electron chi connectivity index (χ0n) is 15.7. The lowest BCUT2D eigenvalue weighted by Crippen LogP contribution is -2.23. The Hall–Kier alpha value is -3.06. The van der Waals surface area contributed by atoms with E-state index in [0.717, 1.165) is 16.8 Å². The summed E-state index contributed by atoms with van der Waals surface area (Å²) in [5, 5.41) is 2.19. The van der Waals surface area contributed by atoms with Gasteiger partial charge in [-0.05, 0) is 37.6 Å². The van der Waals surface area contributed by atoms with Crippen LogP contribution in [0, 0.1) is 19.7 Å². The molecule has 0 spiro atoms. The Morgan fingerprint density at radius 3 is 2.61 bits per heavy atom. The van der Waals surface area contributed by atoms with Crippen molar-refractivity contribution >= 4 is 34.0 Å². The molecule has 0 bridgehead atoms. The van der Waals surface area contributed by atoms with E-state index in [1.165, 1.54) is 41.4 Å². The minimum absolute atomic E-state index is 0.109. The maximum absolute atomic E-state index is 13.7. The van der Waals surface area contributed by atoms with Gasteiger partial charge in [-0.1, -0.05) is 29.8 Å². The number of hydrogen-bond donors (Lipinski definition) is 0. The third-order valence-corrected chi connectivity index (χ3v) is 4.96. The normalized spacial score (nSPS) is 10.6. The van der Waals surface area contributed by atoms with Gasteiger partial charge in [-0.3, -0.25) is 9.69 Å². The molecule has 0 aliphatic rings. The van der Waals surface area contributed by atoms with E-state index in [4.69, 9.17) is 4.74 Å². The molecule has 0 aliphatic carbocycles. The van der Waals surface area contributed by atoms with Crippen molar-refractivity contribution < 1.29 is 18.7 Å². The number of nitrogens with zero attached hydrogens (tertiary/aromatic N) is 2. The molecule has 0 radical (unpaired) electrons. The third kappa shape index (κ3) is 4.26. The van der Waals surface area contributed by atoms with Crippen LogP contribution in [-0.4, -0.2) is 16.9 Å². The number of hydrogen-bond acceptors (Lipinski definition) is 5. The number of benzene rings is 2. The largest absolute Gasteiger partial charge is 0.455 e. The Morgan fingerprint density at radius 2 is 1.93 bits per heavy atom. The SMILES string of the molecule is CC(=O)N(c1nc(COC(=O)c2ccccc2F)cs1)c1ccc(C)cc1C. The Morgan fingerprint density at radius 1 is 1.18 bits per heavy atom. The average molecular weight is 398 g/mol. The van der Waals surface area contributed by atoms with Gasteiger partial charge in [0, 0.05) is 12.3 Å². The van der Waals surface area contributed by atoms with Gasteiger partial charge >= 0.3 is 5.97 Å². The predicted octanol–water partition coefficient (Wildman–Crippen LogP) is 4.94. The highest BCUT2D eigenvalue weighted by Gasteiger charge is 2.20. The van der Waals surface area contributed by atoms with E-state index in [0.29, 0.717) is 10.8 Å². The summed E-state index contributed by atoms with van der Waals surface area (Å²) in [6, 6.07) is 11.4. The van der Waals surface area contributed by atoms with Crippen LogP contribution in [-0.2, 0) is 16.1 Å². The second-order valence-electron chi connectivity index (χ2n) is 6.32. The number of halogens is 1. The first-order chi connectivity index (χ1) is 13.4. The molecule has 28 heavy (non-hydrogen) atoms. The van der Waals surface area contributed by atoms with Gasteiger partial charge in [0.1, 0.15) is 12.4 Å².